The van der Waals surface area contributed by atoms with Gasteiger partial charge in [-0.3, -0.25) is 14.9 Å². The van der Waals surface area contributed by atoms with Crippen molar-refractivity contribution in [2.45, 2.75) is 0 Å². The van der Waals surface area contributed by atoms with E-state index in [-0.39, 0.29) is 34.3 Å². The fourth-order valence-corrected chi connectivity index (χ4v) is 3.03. The number of carbonyl (C=O) groups excluding carboxylic acids is 1. The molecule has 0 saturated carbocycles. The maximum absolute atomic E-state index is 12.9. The number of anilines is 1. The number of carbonyl (C=O) groups is 1. The summed E-state index contributed by atoms with van der Waals surface area (Å²) in [6.07, 6.45) is 1.15. The van der Waals surface area contributed by atoms with Crippen LogP contribution in [0.5, 0.6) is 11.5 Å². The Morgan fingerprint density at radius 3 is 2.71 bits per heavy atom. The summed E-state index contributed by atoms with van der Waals surface area (Å²) in [7, 11) is 1.23. The average molecular weight is 465 g/mol. The third kappa shape index (κ3) is 3.95. The molecule has 0 aliphatic carbocycles. The number of phenolic OH excluding ortho intramolecular Hbond substituents is 1. The van der Waals surface area contributed by atoms with Crippen molar-refractivity contribution in [1.29, 1.82) is 0 Å². The predicted octanol–water partition coefficient (Wildman–Crippen LogP) is 1.29. The number of hydrogen-bond donors (Lipinski definition) is 3. The number of ether oxygens (including phenoxy) is 1. The number of phenols is 1. The minimum absolute atomic E-state index is 0.0417. The molecular formula is C19H15N9O6. The van der Waals surface area contributed by atoms with Gasteiger partial charge in [-0.1, -0.05) is 35.5 Å². The molecule has 2 aromatic carbocycles. The van der Waals surface area contributed by atoms with E-state index in [1.54, 1.807) is 30.3 Å². The third-order valence-corrected chi connectivity index (χ3v) is 4.54. The highest BCUT2D eigenvalue weighted by molar-refractivity contribution is 5.99. The number of nitrogens with one attached hydrogen (secondary N) is 1. The number of nitro benzene ring substituents is 1. The number of aromatic hydroxyl groups is 1. The van der Waals surface area contributed by atoms with E-state index in [0.717, 1.165) is 12.3 Å². The highest BCUT2D eigenvalue weighted by Crippen LogP contribution is 2.37. The molecule has 0 fully saturated rings. The van der Waals surface area contributed by atoms with Crippen molar-refractivity contribution in [2.75, 3.05) is 12.8 Å². The van der Waals surface area contributed by atoms with Gasteiger partial charge in [0.1, 0.15) is 5.69 Å². The van der Waals surface area contributed by atoms with Crippen LogP contribution in [0.25, 0.3) is 17.1 Å². The summed E-state index contributed by atoms with van der Waals surface area (Å²) in [4.78, 5) is 23.1. The largest absolute Gasteiger partial charge is 0.499 e. The number of amides is 1. The zero-order chi connectivity index (χ0) is 24.2. The summed E-state index contributed by atoms with van der Waals surface area (Å²) in [5.41, 5.74) is 8.42. The number of aromatic nitrogens is 5. The molecule has 15 nitrogen and oxygen atoms in total. The minimum atomic E-state index is -0.758. The van der Waals surface area contributed by atoms with E-state index >= 15 is 0 Å². The Kier molecular flexibility index (Phi) is 5.81. The van der Waals surface area contributed by atoms with Crippen molar-refractivity contribution in [3.8, 4) is 28.6 Å². The van der Waals surface area contributed by atoms with Gasteiger partial charge in [0.05, 0.1) is 18.2 Å². The maximum atomic E-state index is 12.9. The predicted molar refractivity (Wildman–Crippen MR) is 115 cm³/mol. The summed E-state index contributed by atoms with van der Waals surface area (Å²) in [6.45, 7) is 0. The molecule has 2 heterocycles. The van der Waals surface area contributed by atoms with Crippen molar-refractivity contribution >= 4 is 23.6 Å². The van der Waals surface area contributed by atoms with Gasteiger partial charge in [-0.05, 0) is 16.4 Å². The Morgan fingerprint density at radius 2 is 2.06 bits per heavy atom. The second-order valence-electron chi connectivity index (χ2n) is 6.55. The summed E-state index contributed by atoms with van der Waals surface area (Å²) in [5, 5.41) is 39.9. The third-order valence-electron chi connectivity index (χ3n) is 4.54. The van der Waals surface area contributed by atoms with Crippen LogP contribution < -0.4 is 15.9 Å². The number of benzene rings is 2. The number of methoxy groups -OCH3 is 1. The van der Waals surface area contributed by atoms with Crippen molar-refractivity contribution in [3.05, 3.63) is 63.8 Å². The van der Waals surface area contributed by atoms with E-state index in [9.17, 15) is 20.0 Å². The molecule has 0 aliphatic heterocycles. The molecule has 0 atom stereocenters. The second-order valence-corrected chi connectivity index (χ2v) is 6.55. The standard InChI is InChI=1S/C19H15N9O6/c1-33-16-11(7-8-12(15(16)29)28(31)32)9-21-23-19(30)13-14(10-5-3-2-4-6-10)27(26-22-13)18-17(20)24-34-25-18/h2-9,29H,1H3,(H2,20,24)(H,23,30). The van der Waals surface area contributed by atoms with Crippen LogP contribution in [-0.2, 0) is 0 Å². The first-order valence-electron chi connectivity index (χ1n) is 9.39. The molecule has 4 aromatic rings. The molecule has 0 saturated heterocycles. The van der Waals surface area contributed by atoms with Crippen LogP contribution >= 0.6 is 0 Å². The molecule has 0 aliphatic rings. The molecule has 1 amide bonds. The molecule has 4 rings (SSSR count). The van der Waals surface area contributed by atoms with E-state index < -0.39 is 22.3 Å². The van der Waals surface area contributed by atoms with Crippen LogP contribution in [0, 0.1) is 10.1 Å². The number of nitrogen functional groups attached to an aromatic ring is 1. The number of nitro groups is 1. The highest BCUT2D eigenvalue weighted by Gasteiger charge is 2.25. The molecule has 0 bridgehead atoms. The molecule has 172 valence electrons. The Morgan fingerprint density at radius 1 is 1.29 bits per heavy atom. The van der Waals surface area contributed by atoms with Crippen molar-refractivity contribution in [2.24, 2.45) is 5.10 Å². The fraction of sp³-hybridized carbons (Fsp3) is 0.0526. The van der Waals surface area contributed by atoms with Crippen LogP contribution in [-0.4, -0.2) is 54.6 Å². The molecule has 0 radical (unpaired) electrons. The topological polar surface area (TPSA) is 210 Å². The van der Waals surface area contributed by atoms with Crippen LogP contribution in [0.15, 0.2) is 52.2 Å². The van der Waals surface area contributed by atoms with Gasteiger partial charge < -0.3 is 15.6 Å². The highest BCUT2D eigenvalue weighted by atomic mass is 16.6. The number of nitrogens with two attached hydrogens (primary N) is 1. The van der Waals surface area contributed by atoms with Gasteiger partial charge in [0, 0.05) is 17.2 Å². The Labute approximate surface area is 189 Å². The lowest BCUT2D eigenvalue weighted by atomic mass is 10.1. The fourth-order valence-electron chi connectivity index (χ4n) is 3.03. The van der Waals surface area contributed by atoms with E-state index in [1.807, 2.05) is 0 Å². The average Bonchev–Trinajstić information content (AvgIpc) is 3.45. The molecule has 34 heavy (non-hydrogen) atoms. The van der Waals surface area contributed by atoms with E-state index in [4.69, 9.17) is 10.5 Å². The van der Waals surface area contributed by atoms with Gasteiger partial charge in [0.15, 0.2) is 11.4 Å². The first kappa shape index (κ1) is 21.9. The molecule has 15 heteroatoms. The van der Waals surface area contributed by atoms with Crippen molar-refractivity contribution < 1.29 is 24.2 Å². The van der Waals surface area contributed by atoms with Gasteiger partial charge in [-0.15, -0.1) is 5.10 Å². The molecule has 0 spiro atoms. The van der Waals surface area contributed by atoms with E-state index in [1.165, 1.54) is 17.9 Å². The van der Waals surface area contributed by atoms with E-state index in [2.05, 4.69) is 35.8 Å². The summed E-state index contributed by atoms with van der Waals surface area (Å²) >= 11 is 0. The second kappa shape index (κ2) is 9.03. The monoisotopic (exact) mass is 465 g/mol. The smallest absolute Gasteiger partial charge is 0.314 e. The normalized spacial score (nSPS) is 11.0. The molecular weight excluding hydrogens is 450 g/mol. The lowest BCUT2D eigenvalue weighted by molar-refractivity contribution is -0.385. The minimum Gasteiger partial charge on any atom is -0.499 e. The van der Waals surface area contributed by atoms with Crippen molar-refractivity contribution in [1.82, 2.24) is 30.7 Å². The quantitative estimate of drug-likeness (QED) is 0.201. The number of hydrogen-bond acceptors (Lipinski definition) is 12. The Balaban J connectivity index is 1.66. The molecule has 2 aromatic heterocycles. The SMILES string of the molecule is COc1c(C=NNC(=O)c2nnn(-c3nonc3N)c2-c2ccccc2)ccc([N+](=O)[O-])c1O. The molecule has 4 N–H and O–H groups in total. The Bertz CT molecular complexity index is 1400. The zero-order valence-electron chi connectivity index (χ0n) is 17.3. The number of hydrazone groups is 1. The summed E-state index contributed by atoms with van der Waals surface area (Å²) in [6, 6.07) is 11.1. The number of nitrogens with zero attached hydrogens (tertiary/aromatic N) is 7. The van der Waals surface area contributed by atoms with Gasteiger partial charge in [-0.25, -0.2) is 10.1 Å². The van der Waals surface area contributed by atoms with Gasteiger partial charge in [0.25, 0.3) is 5.91 Å². The zero-order valence-corrected chi connectivity index (χ0v) is 17.3. The van der Waals surface area contributed by atoms with Gasteiger partial charge >= 0.3 is 5.69 Å². The first-order valence-corrected chi connectivity index (χ1v) is 9.39. The lowest BCUT2D eigenvalue weighted by Crippen LogP contribution is -2.19. The van der Waals surface area contributed by atoms with Gasteiger partial charge in [0.2, 0.25) is 17.4 Å². The lowest BCUT2D eigenvalue weighted by Gasteiger charge is -2.07. The maximum Gasteiger partial charge on any atom is 0.314 e. The summed E-state index contributed by atoms with van der Waals surface area (Å²) < 4.78 is 10.8. The molecule has 0 unspecified atom stereocenters. The first-order chi connectivity index (χ1) is 16.4. The van der Waals surface area contributed by atoms with Gasteiger partial charge in [-0.2, -0.15) is 9.78 Å². The Hall–Kier alpha value is -5.34. The van der Waals surface area contributed by atoms with Crippen molar-refractivity contribution in [3.63, 3.8) is 0 Å². The van der Waals surface area contributed by atoms with Crippen LogP contribution in [0.2, 0.25) is 0 Å². The van der Waals surface area contributed by atoms with Crippen LogP contribution in [0.1, 0.15) is 16.1 Å². The van der Waals surface area contributed by atoms with E-state index in [0.29, 0.717) is 5.56 Å². The number of rotatable bonds is 7. The van der Waals surface area contributed by atoms with Crippen LogP contribution in [0.4, 0.5) is 11.5 Å². The summed E-state index contributed by atoms with van der Waals surface area (Å²) in [5.74, 6) is -1.60. The van der Waals surface area contributed by atoms with Crippen LogP contribution in [0.3, 0.4) is 0 Å².